The molecule has 2 amide bonds. The molecule has 3 rings (SSSR count). The van der Waals surface area contributed by atoms with Crippen molar-refractivity contribution < 1.29 is 9.59 Å². The fourth-order valence-electron chi connectivity index (χ4n) is 2.66. The molecule has 0 unspecified atom stereocenters. The van der Waals surface area contributed by atoms with Crippen molar-refractivity contribution in [3.8, 4) is 0 Å². The maximum atomic E-state index is 12.2. The Morgan fingerprint density at radius 1 is 1.15 bits per heavy atom. The zero-order chi connectivity index (χ0) is 18.5. The van der Waals surface area contributed by atoms with Crippen LogP contribution in [0.3, 0.4) is 0 Å². The summed E-state index contributed by atoms with van der Waals surface area (Å²) in [6.07, 6.45) is 3.74. The van der Waals surface area contributed by atoms with E-state index in [1.807, 2.05) is 41.1 Å². The van der Waals surface area contributed by atoms with Gasteiger partial charge in [0.15, 0.2) is 0 Å². The third-order valence-corrected chi connectivity index (χ3v) is 4.60. The lowest BCUT2D eigenvalue weighted by atomic mass is 10.2. The number of aryl methyl sites for hydroxylation is 1. The maximum absolute atomic E-state index is 12.2. The number of amides is 2. The number of fused-ring (bicyclic) bond motifs is 1. The standard InChI is InChI=1S/C19H17BrN4O2/c20-16-7-3-1-6-15(16)19(26)23-22-11-13-12-24(10-9-18(21)25)17-8-4-2-5-14(13)17/h1-8,11-12H,9-10H2,(H2,21,25)(H,23,26)/b22-11-. The van der Waals surface area contributed by atoms with Gasteiger partial charge in [0.1, 0.15) is 0 Å². The number of carbonyl (C=O) groups is 2. The number of benzene rings is 2. The van der Waals surface area contributed by atoms with Gasteiger partial charge in [0.05, 0.1) is 11.8 Å². The van der Waals surface area contributed by atoms with Crippen LogP contribution in [0.4, 0.5) is 0 Å². The molecule has 1 aromatic heterocycles. The summed E-state index contributed by atoms with van der Waals surface area (Å²) in [5.41, 5.74) is 10.1. The predicted octanol–water partition coefficient (Wildman–Crippen LogP) is 3.04. The molecule has 0 fully saturated rings. The van der Waals surface area contributed by atoms with Gasteiger partial charge in [-0.25, -0.2) is 5.43 Å². The molecule has 0 spiro atoms. The van der Waals surface area contributed by atoms with Crippen LogP contribution in [-0.2, 0) is 11.3 Å². The number of carbonyl (C=O) groups excluding carboxylic acids is 2. The topological polar surface area (TPSA) is 89.5 Å². The van der Waals surface area contributed by atoms with E-state index in [4.69, 9.17) is 5.73 Å². The molecule has 0 saturated heterocycles. The van der Waals surface area contributed by atoms with E-state index in [-0.39, 0.29) is 18.2 Å². The van der Waals surface area contributed by atoms with E-state index < -0.39 is 0 Å². The average Bonchev–Trinajstić information content (AvgIpc) is 2.98. The summed E-state index contributed by atoms with van der Waals surface area (Å²) in [6, 6.07) is 14.9. The summed E-state index contributed by atoms with van der Waals surface area (Å²) in [4.78, 5) is 23.2. The molecule has 0 aliphatic carbocycles. The number of hydrogen-bond donors (Lipinski definition) is 2. The highest BCUT2D eigenvalue weighted by Crippen LogP contribution is 2.20. The molecule has 6 nitrogen and oxygen atoms in total. The van der Waals surface area contributed by atoms with E-state index in [0.717, 1.165) is 16.5 Å². The normalized spacial score (nSPS) is 11.1. The summed E-state index contributed by atoms with van der Waals surface area (Å²) >= 11 is 3.34. The van der Waals surface area contributed by atoms with Crippen molar-refractivity contribution in [3.63, 3.8) is 0 Å². The molecule has 1 heterocycles. The van der Waals surface area contributed by atoms with Gasteiger partial charge in [0, 0.05) is 40.1 Å². The zero-order valence-electron chi connectivity index (χ0n) is 13.9. The molecule has 0 radical (unpaired) electrons. The van der Waals surface area contributed by atoms with Crippen LogP contribution >= 0.6 is 15.9 Å². The van der Waals surface area contributed by atoms with Crippen LogP contribution in [0.2, 0.25) is 0 Å². The van der Waals surface area contributed by atoms with Gasteiger partial charge in [-0.15, -0.1) is 0 Å². The van der Waals surface area contributed by atoms with Gasteiger partial charge in [-0.05, 0) is 34.1 Å². The van der Waals surface area contributed by atoms with Gasteiger partial charge < -0.3 is 10.3 Å². The van der Waals surface area contributed by atoms with Crippen molar-refractivity contribution >= 4 is 44.9 Å². The summed E-state index contributed by atoms with van der Waals surface area (Å²) < 4.78 is 2.66. The highest BCUT2D eigenvalue weighted by molar-refractivity contribution is 9.10. The van der Waals surface area contributed by atoms with Gasteiger partial charge in [0.2, 0.25) is 5.91 Å². The Bertz CT molecular complexity index is 994. The van der Waals surface area contributed by atoms with Crippen LogP contribution in [-0.4, -0.2) is 22.6 Å². The first-order chi connectivity index (χ1) is 12.6. The number of halogens is 1. The molecular weight excluding hydrogens is 396 g/mol. The first-order valence-electron chi connectivity index (χ1n) is 8.00. The molecular formula is C19H17BrN4O2. The molecule has 26 heavy (non-hydrogen) atoms. The van der Waals surface area contributed by atoms with Gasteiger partial charge in [0.25, 0.3) is 5.91 Å². The zero-order valence-corrected chi connectivity index (χ0v) is 15.4. The minimum absolute atomic E-state index is 0.258. The summed E-state index contributed by atoms with van der Waals surface area (Å²) in [5.74, 6) is -0.648. The Kier molecular flexibility index (Phi) is 5.48. The van der Waals surface area contributed by atoms with E-state index in [2.05, 4.69) is 26.5 Å². The van der Waals surface area contributed by atoms with Crippen LogP contribution in [0.5, 0.6) is 0 Å². The molecule has 0 aliphatic heterocycles. The van der Waals surface area contributed by atoms with Crippen LogP contribution in [0, 0.1) is 0 Å². The van der Waals surface area contributed by atoms with Crippen molar-refractivity contribution in [3.05, 3.63) is 70.3 Å². The van der Waals surface area contributed by atoms with Crippen LogP contribution in [0.15, 0.2) is 64.3 Å². The van der Waals surface area contributed by atoms with Gasteiger partial charge >= 0.3 is 0 Å². The second-order valence-corrected chi connectivity index (χ2v) is 6.54. The minimum atomic E-state index is -0.348. The number of nitrogens with zero attached hydrogens (tertiary/aromatic N) is 2. The molecule has 3 aromatic rings. The minimum Gasteiger partial charge on any atom is -0.370 e. The summed E-state index contributed by atoms with van der Waals surface area (Å²) in [7, 11) is 0. The van der Waals surface area contributed by atoms with Gasteiger partial charge in [-0.2, -0.15) is 5.10 Å². The fraction of sp³-hybridized carbons (Fsp3) is 0.105. The summed E-state index contributed by atoms with van der Waals surface area (Å²) in [5, 5.41) is 5.05. The molecule has 132 valence electrons. The molecule has 7 heteroatoms. The highest BCUT2D eigenvalue weighted by Gasteiger charge is 2.09. The predicted molar refractivity (Wildman–Crippen MR) is 105 cm³/mol. The molecule has 0 saturated carbocycles. The number of rotatable bonds is 6. The number of hydrazone groups is 1. The fourth-order valence-corrected chi connectivity index (χ4v) is 3.12. The van der Waals surface area contributed by atoms with Crippen molar-refractivity contribution in [2.45, 2.75) is 13.0 Å². The smallest absolute Gasteiger partial charge is 0.272 e. The van der Waals surface area contributed by atoms with E-state index in [1.165, 1.54) is 0 Å². The van der Waals surface area contributed by atoms with Crippen LogP contribution in [0.1, 0.15) is 22.3 Å². The van der Waals surface area contributed by atoms with E-state index >= 15 is 0 Å². The van der Waals surface area contributed by atoms with E-state index in [1.54, 1.807) is 24.4 Å². The molecule has 3 N–H and O–H groups in total. The number of nitrogens with one attached hydrogen (secondary N) is 1. The van der Waals surface area contributed by atoms with Crippen LogP contribution < -0.4 is 11.2 Å². The lowest BCUT2D eigenvalue weighted by Crippen LogP contribution is -2.18. The molecule has 2 aromatic carbocycles. The second-order valence-electron chi connectivity index (χ2n) is 5.69. The molecule has 0 bridgehead atoms. The number of aromatic nitrogens is 1. The van der Waals surface area contributed by atoms with Gasteiger partial charge in [-0.1, -0.05) is 30.3 Å². The first kappa shape index (κ1) is 17.9. The highest BCUT2D eigenvalue weighted by atomic mass is 79.9. The summed E-state index contributed by atoms with van der Waals surface area (Å²) in [6.45, 7) is 0.493. The number of nitrogens with two attached hydrogens (primary N) is 1. The monoisotopic (exact) mass is 412 g/mol. The van der Waals surface area contributed by atoms with Crippen LogP contribution in [0.25, 0.3) is 10.9 Å². The Hall–Kier alpha value is -2.93. The number of primary amides is 1. The Morgan fingerprint density at radius 3 is 2.65 bits per heavy atom. The van der Waals surface area contributed by atoms with Crippen molar-refractivity contribution in [1.29, 1.82) is 0 Å². The average molecular weight is 413 g/mol. The maximum Gasteiger partial charge on any atom is 0.272 e. The van der Waals surface area contributed by atoms with E-state index in [0.29, 0.717) is 16.6 Å². The Morgan fingerprint density at radius 2 is 1.88 bits per heavy atom. The number of hydrogen-bond acceptors (Lipinski definition) is 3. The lowest BCUT2D eigenvalue weighted by Gasteiger charge is -2.02. The first-order valence-corrected chi connectivity index (χ1v) is 8.79. The lowest BCUT2D eigenvalue weighted by molar-refractivity contribution is -0.118. The van der Waals surface area contributed by atoms with Crippen molar-refractivity contribution in [2.75, 3.05) is 0 Å². The second kappa shape index (κ2) is 7.97. The third-order valence-electron chi connectivity index (χ3n) is 3.91. The molecule has 0 atom stereocenters. The SMILES string of the molecule is NC(=O)CCn1cc(/C=N\NC(=O)c2ccccc2Br)c2ccccc21. The Labute approximate surface area is 158 Å². The Balaban J connectivity index is 1.80. The van der Waals surface area contributed by atoms with Gasteiger partial charge in [-0.3, -0.25) is 9.59 Å². The quantitative estimate of drug-likeness (QED) is 0.481. The largest absolute Gasteiger partial charge is 0.370 e. The van der Waals surface area contributed by atoms with E-state index in [9.17, 15) is 9.59 Å². The number of para-hydroxylation sites is 1. The molecule has 0 aliphatic rings. The van der Waals surface area contributed by atoms with Crippen molar-refractivity contribution in [2.24, 2.45) is 10.8 Å². The third kappa shape index (κ3) is 4.00. The van der Waals surface area contributed by atoms with Crippen molar-refractivity contribution in [1.82, 2.24) is 9.99 Å².